The van der Waals surface area contributed by atoms with Crippen molar-refractivity contribution >= 4 is 5.97 Å². The molecule has 1 aromatic carbocycles. The van der Waals surface area contributed by atoms with Crippen molar-refractivity contribution in [2.24, 2.45) is 0 Å². The lowest BCUT2D eigenvalue weighted by Crippen LogP contribution is -2.30. The molecule has 0 spiro atoms. The standard InChI is InChI=1S/C15H18FN3O3/c1-3-6-19(9-14(20)21)8-13-17-15(18-22-13)11-4-5-12(16)10(2)7-11/h4-5,7H,3,6,8-9H2,1-2H3,(H,20,21). The molecule has 2 aromatic rings. The minimum absolute atomic E-state index is 0.0821. The Balaban J connectivity index is 2.12. The topological polar surface area (TPSA) is 79.5 Å². The predicted octanol–water partition coefficient (Wildman–Crippen LogP) is 2.48. The highest BCUT2D eigenvalue weighted by molar-refractivity contribution is 5.69. The highest BCUT2D eigenvalue weighted by Crippen LogP contribution is 2.19. The lowest BCUT2D eigenvalue weighted by Gasteiger charge is -2.16. The van der Waals surface area contributed by atoms with E-state index in [-0.39, 0.29) is 18.9 Å². The van der Waals surface area contributed by atoms with Gasteiger partial charge in [-0.3, -0.25) is 9.69 Å². The second-order valence-electron chi connectivity index (χ2n) is 5.08. The third-order valence-electron chi connectivity index (χ3n) is 3.14. The number of aryl methyl sites for hydroxylation is 1. The fraction of sp³-hybridized carbons (Fsp3) is 0.400. The van der Waals surface area contributed by atoms with Crippen molar-refractivity contribution in [1.82, 2.24) is 15.0 Å². The molecule has 1 heterocycles. The Kier molecular flexibility index (Phi) is 5.21. The van der Waals surface area contributed by atoms with E-state index in [4.69, 9.17) is 9.63 Å². The summed E-state index contributed by atoms with van der Waals surface area (Å²) in [5, 5.41) is 12.8. The first-order valence-electron chi connectivity index (χ1n) is 7.03. The second-order valence-corrected chi connectivity index (χ2v) is 5.08. The van der Waals surface area contributed by atoms with Crippen LogP contribution in [0.4, 0.5) is 4.39 Å². The molecular weight excluding hydrogens is 289 g/mol. The molecule has 22 heavy (non-hydrogen) atoms. The quantitative estimate of drug-likeness (QED) is 0.846. The molecule has 0 saturated heterocycles. The van der Waals surface area contributed by atoms with E-state index in [1.807, 2.05) is 6.92 Å². The van der Waals surface area contributed by atoms with Gasteiger partial charge in [-0.05, 0) is 43.7 Å². The Hall–Kier alpha value is -2.28. The third-order valence-corrected chi connectivity index (χ3v) is 3.14. The molecule has 1 aromatic heterocycles. The molecule has 0 aliphatic heterocycles. The summed E-state index contributed by atoms with van der Waals surface area (Å²) in [6.07, 6.45) is 0.825. The fourth-order valence-corrected chi connectivity index (χ4v) is 2.13. The Labute approximate surface area is 127 Å². The Morgan fingerprint density at radius 3 is 2.86 bits per heavy atom. The normalized spacial score (nSPS) is 11.1. The second kappa shape index (κ2) is 7.13. The summed E-state index contributed by atoms with van der Waals surface area (Å²) in [4.78, 5) is 16.8. The van der Waals surface area contributed by atoms with Gasteiger partial charge in [0.1, 0.15) is 5.82 Å². The van der Waals surface area contributed by atoms with Crippen LogP contribution >= 0.6 is 0 Å². The number of halogens is 1. The minimum Gasteiger partial charge on any atom is -0.480 e. The van der Waals surface area contributed by atoms with Crippen molar-refractivity contribution < 1.29 is 18.8 Å². The molecule has 0 atom stereocenters. The van der Waals surface area contributed by atoms with Crippen molar-refractivity contribution in [2.75, 3.05) is 13.1 Å². The zero-order chi connectivity index (χ0) is 16.1. The fourth-order valence-electron chi connectivity index (χ4n) is 2.13. The molecule has 2 rings (SSSR count). The Morgan fingerprint density at radius 2 is 2.23 bits per heavy atom. The molecule has 7 heteroatoms. The molecule has 0 saturated carbocycles. The molecule has 0 amide bonds. The van der Waals surface area contributed by atoms with Crippen LogP contribution in [0.5, 0.6) is 0 Å². The van der Waals surface area contributed by atoms with Gasteiger partial charge in [-0.15, -0.1) is 0 Å². The summed E-state index contributed by atoms with van der Waals surface area (Å²) in [5.74, 6) is -0.484. The van der Waals surface area contributed by atoms with Gasteiger partial charge in [-0.1, -0.05) is 12.1 Å². The van der Waals surface area contributed by atoms with Crippen molar-refractivity contribution in [3.8, 4) is 11.4 Å². The number of carbonyl (C=O) groups is 1. The zero-order valence-corrected chi connectivity index (χ0v) is 12.5. The van der Waals surface area contributed by atoms with Gasteiger partial charge in [0.2, 0.25) is 11.7 Å². The average molecular weight is 307 g/mol. The summed E-state index contributed by atoms with van der Waals surface area (Å²) in [6, 6.07) is 4.58. The summed E-state index contributed by atoms with van der Waals surface area (Å²) in [6.45, 7) is 4.44. The van der Waals surface area contributed by atoms with Gasteiger partial charge < -0.3 is 9.63 Å². The van der Waals surface area contributed by atoms with Gasteiger partial charge in [0.15, 0.2) is 0 Å². The van der Waals surface area contributed by atoms with Crippen LogP contribution in [0.25, 0.3) is 11.4 Å². The summed E-state index contributed by atoms with van der Waals surface area (Å²) >= 11 is 0. The predicted molar refractivity (Wildman–Crippen MR) is 77.6 cm³/mol. The molecule has 0 aliphatic rings. The maximum atomic E-state index is 13.3. The van der Waals surface area contributed by atoms with Crippen LogP contribution in [0.1, 0.15) is 24.8 Å². The molecule has 1 N–H and O–H groups in total. The van der Waals surface area contributed by atoms with Crippen molar-refractivity contribution in [1.29, 1.82) is 0 Å². The minimum atomic E-state index is -0.901. The van der Waals surface area contributed by atoms with E-state index in [1.165, 1.54) is 6.07 Å². The highest BCUT2D eigenvalue weighted by atomic mass is 19.1. The largest absolute Gasteiger partial charge is 0.480 e. The highest BCUT2D eigenvalue weighted by Gasteiger charge is 2.15. The van der Waals surface area contributed by atoms with Crippen LogP contribution in [-0.2, 0) is 11.3 Å². The maximum absolute atomic E-state index is 13.3. The Morgan fingerprint density at radius 1 is 1.45 bits per heavy atom. The summed E-state index contributed by atoms with van der Waals surface area (Å²) in [7, 11) is 0. The average Bonchev–Trinajstić information content (AvgIpc) is 2.90. The summed E-state index contributed by atoms with van der Waals surface area (Å²) in [5.41, 5.74) is 1.16. The van der Waals surface area contributed by atoms with E-state index in [0.717, 1.165) is 6.42 Å². The molecule has 0 fully saturated rings. The third kappa shape index (κ3) is 4.11. The van der Waals surface area contributed by atoms with Crippen LogP contribution in [0, 0.1) is 12.7 Å². The monoisotopic (exact) mass is 307 g/mol. The number of carboxylic acid groups (broad SMARTS) is 1. The lowest BCUT2D eigenvalue weighted by molar-refractivity contribution is -0.138. The first-order chi connectivity index (χ1) is 10.5. The molecule has 118 valence electrons. The van der Waals surface area contributed by atoms with Gasteiger partial charge in [-0.2, -0.15) is 4.98 Å². The van der Waals surface area contributed by atoms with Gasteiger partial charge in [0.25, 0.3) is 0 Å². The van der Waals surface area contributed by atoms with Crippen molar-refractivity contribution in [2.45, 2.75) is 26.8 Å². The van der Waals surface area contributed by atoms with E-state index >= 15 is 0 Å². The molecule has 0 radical (unpaired) electrons. The van der Waals surface area contributed by atoms with Gasteiger partial charge in [-0.25, -0.2) is 4.39 Å². The van der Waals surface area contributed by atoms with E-state index in [2.05, 4.69) is 10.1 Å². The SMILES string of the molecule is CCCN(CC(=O)O)Cc1nc(-c2ccc(F)c(C)c2)no1. The molecule has 0 aliphatic carbocycles. The lowest BCUT2D eigenvalue weighted by atomic mass is 10.1. The van der Waals surface area contributed by atoms with Crippen LogP contribution in [0.15, 0.2) is 22.7 Å². The zero-order valence-electron chi connectivity index (χ0n) is 12.5. The number of aliphatic carboxylic acids is 1. The molecule has 0 unspecified atom stereocenters. The molecule has 0 bridgehead atoms. The first-order valence-corrected chi connectivity index (χ1v) is 7.03. The van der Waals surface area contributed by atoms with E-state index in [9.17, 15) is 9.18 Å². The number of nitrogens with zero attached hydrogens (tertiary/aromatic N) is 3. The molecule has 6 nitrogen and oxygen atoms in total. The first kappa shape index (κ1) is 16.1. The number of rotatable bonds is 7. The number of aromatic nitrogens is 2. The maximum Gasteiger partial charge on any atom is 0.317 e. The number of benzene rings is 1. The van der Waals surface area contributed by atoms with Gasteiger partial charge in [0, 0.05) is 5.56 Å². The van der Waals surface area contributed by atoms with Gasteiger partial charge in [0.05, 0.1) is 13.1 Å². The smallest absolute Gasteiger partial charge is 0.317 e. The Bertz CT molecular complexity index is 657. The van der Waals surface area contributed by atoms with Crippen molar-refractivity contribution in [3.05, 3.63) is 35.5 Å². The van der Waals surface area contributed by atoms with Crippen LogP contribution < -0.4 is 0 Å². The number of carboxylic acids is 1. The van der Waals surface area contributed by atoms with Crippen LogP contribution in [0.2, 0.25) is 0 Å². The van der Waals surface area contributed by atoms with Crippen LogP contribution in [0.3, 0.4) is 0 Å². The number of hydrogen-bond donors (Lipinski definition) is 1. The van der Waals surface area contributed by atoms with E-state index in [0.29, 0.717) is 29.4 Å². The summed E-state index contributed by atoms with van der Waals surface area (Å²) < 4.78 is 18.4. The van der Waals surface area contributed by atoms with E-state index < -0.39 is 5.97 Å². The number of hydrogen-bond acceptors (Lipinski definition) is 5. The molecular formula is C15H18FN3O3. The van der Waals surface area contributed by atoms with Gasteiger partial charge >= 0.3 is 5.97 Å². The van der Waals surface area contributed by atoms with E-state index in [1.54, 1.807) is 24.0 Å². The van der Waals surface area contributed by atoms with Crippen LogP contribution in [-0.4, -0.2) is 39.2 Å². The van der Waals surface area contributed by atoms with Crippen molar-refractivity contribution in [3.63, 3.8) is 0 Å².